The Morgan fingerprint density at radius 1 is 1.58 bits per heavy atom. The van der Waals surface area contributed by atoms with Crippen molar-refractivity contribution in [3.05, 3.63) is 0 Å². The highest BCUT2D eigenvalue weighted by atomic mass is 35.5. The smallest absolute Gasteiger partial charge is 0.239 e. The van der Waals surface area contributed by atoms with Gasteiger partial charge in [0.2, 0.25) is 5.91 Å². The molecule has 0 radical (unpaired) electrons. The summed E-state index contributed by atoms with van der Waals surface area (Å²) in [6, 6.07) is -0.00896. The van der Waals surface area contributed by atoms with Crippen LogP contribution in [0.5, 0.6) is 0 Å². The van der Waals surface area contributed by atoms with E-state index in [1.807, 2.05) is 6.92 Å². The molecule has 0 aliphatic rings. The van der Waals surface area contributed by atoms with Gasteiger partial charge in [-0.1, -0.05) is 0 Å². The summed E-state index contributed by atoms with van der Waals surface area (Å²) in [6.07, 6.45) is 0. The molecule has 1 amide bonds. The van der Waals surface area contributed by atoms with Crippen molar-refractivity contribution in [3.63, 3.8) is 0 Å². The maximum absolute atomic E-state index is 11.1. The monoisotopic (exact) mass is 195 g/mol. The number of carbonyl (C=O) groups is 1. The fourth-order valence-electron chi connectivity index (χ4n) is 0.469. The molecule has 0 unspecified atom stereocenters. The lowest BCUT2D eigenvalue weighted by Crippen LogP contribution is -2.52. The molecule has 0 rings (SSSR count). The van der Waals surface area contributed by atoms with Crippen molar-refractivity contribution in [2.75, 3.05) is 6.54 Å². The third-order valence-electron chi connectivity index (χ3n) is 1.32. The van der Waals surface area contributed by atoms with Crippen LogP contribution in [0.25, 0.3) is 0 Å². The molecule has 0 aliphatic carbocycles. The minimum atomic E-state index is -0.816. The van der Waals surface area contributed by atoms with Gasteiger partial charge in [0.25, 0.3) is 0 Å². The van der Waals surface area contributed by atoms with E-state index in [9.17, 15) is 4.79 Å². The van der Waals surface area contributed by atoms with Gasteiger partial charge in [-0.05, 0) is 20.8 Å². The Hall–Kier alpha value is -0.320. The summed E-state index contributed by atoms with van der Waals surface area (Å²) in [4.78, 5) is 11.1. The average Bonchev–Trinajstić information content (AvgIpc) is 1.85. The molecule has 0 heterocycles. The molecular formula is C7H18ClN3O. The quantitative estimate of drug-likeness (QED) is 0.574. The highest BCUT2D eigenvalue weighted by Gasteiger charge is 2.22. The largest absolute Gasteiger partial charge is 0.351 e. The van der Waals surface area contributed by atoms with E-state index in [0.29, 0.717) is 6.54 Å². The van der Waals surface area contributed by atoms with Crippen LogP contribution in [0.1, 0.15) is 20.8 Å². The van der Waals surface area contributed by atoms with Crippen molar-refractivity contribution in [1.29, 1.82) is 0 Å². The molecule has 0 bridgehead atoms. The van der Waals surface area contributed by atoms with Crippen molar-refractivity contribution in [2.45, 2.75) is 32.4 Å². The second kappa shape index (κ2) is 5.35. The lowest BCUT2D eigenvalue weighted by molar-refractivity contribution is -0.125. The number of hydrogen-bond acceptors (Lipinski definition) is 3. The molecule has 0 aromatic rings. The van der Waals surface area contributed by atoms with Crippen molar-refractivity contribution >= 4 is 18.3 Å². The van der Waals surface area contributed by atoms with Gasteiger partial charge < -0.3 is 16.8 Å². The normalized spacial score (nSPS) is 13.1. The number of hydrogen-bond donors (Lipinski definition) is 3. The first-order valence-corrected chi connectivity index (χ1v) is 3.68. The molecule has 4 nitrogen and oxygen atoms in total. The van der Waals surface area contributed by atoms with Crippen LogP contribution < -0.4 is 16.8 Å². The van der Waals surface area contributed by atoms with Crippen LogP contribution in [0.3, 0.4) is 0 Å². The van der Waals surface area contributed by atoms with Gasteiger partial charge in [-0.3, -0.25) is 4.79 Å². The number of halogens is 1. The number of carbonyl (C=O) groups excluding carboxylic acids is 1. The van der Waals surface area contributed by atoms with E-state index in [4.69, 9.17) is 11.5 Å². The van der Waals surface area contributed by atoms with Crippen molar-refractivity contribution in [2.24, 2.45) is 11.5 Å². The maximum atomic E-state index is 11.1. The van der Waals surface area contributed by atoms with Gasteiger partial charge in [0.05, 0.1) is 5.54 Å². The van der Waals surface area contributed by atoms with E-state index in [0.717, 1.165) is 0 Å². The Bertz CT molecular complexity index is 144. The third kappa shape index (κ3) is 5.35. The van der Waals surface area contributed by atoms with E-state index < -0.39 is 5.54 Å². The summed E-state index contributed by atoms with van der Waals surface area (Å²) in [5.41, 5.74) is 10.0. The van der Waals surface area contributed by atoms with Crippen LogP contribution >= 0.6 is 12.4 Å². The minimum Gasteiger partial charge on any atom is -0.351 e. The summed E-state index contributed by atoms with van der Waals surface area (Å²) in [5, 5.41) is 2.68. The maximum Gasteiger partial charge on any atom is 0.239 e. The fraction of sp³-hybridized carbons (Fsp3) is 0.857. The Morgan fingerprint density at radius 2 is 2.00 bits per heavy atom. The van der Waals surface area contributed by atoms with E-state index in [1.54, 1.807) is 13.8 Å². The lowest BCUT2D eigenvalue weighted by Gasteiger charge is -2.20. The van der Waals surface area contributed by atoms with Crippen molar-refractivity contribution in [3.8, 4) is 0 Å². The Balaban J connectivity index is 0. The van der Waals surface area contributed by atoms with Crippen LogP contribution in [0, 0.1) is 0 Å². The van der Waals surface area contributed by atoms with Crippen LogP contribution in [0.15, 0.2) is 0 Å². The molecule has 74 valence electrons. The van der Waals surface area contributed by atoms with E-state index in [1.165, 1.54) is 0 Å². The summed E-state index contributed by atoms with van der Waals surface area (Å²) in [6.45, 7) is 5.59. The highest BCUT2D eigenvalue weighted by molar-refractivity contribution is 5.85. The molecule has 0 aromatic carbocycles. The van der Waals surface area contributed by atoms with Gasteiger partial charge in [-0.25, -0.2) is 0 Å². The van der Waals surface area contributed by atoms with Crippen molar-refractivity contribution < 1.29 is 4.79 Å². The molecule has 0 aromatic heterocycles. The number of nitrogens with two attached hydrogens (primary N) is 2. The van der Waals surface area contributed by atoms with Crippen LogP contribution in [0.4, 0.5) is 0 Å². The highest BCUT2D eigenvalue weighted by Crippen LogP contribution is 1.96. The molecule has 1 atom stereocenters. The number of amides is 1. The topological polar surface area (TPSA) is 81.1 Å². The number of rotatable bonds is 3. The molecule has 0 saturated carbocycles. The lowest BCUT2D eigenvalue weighted by atomic mass is 10.1. The van der Waals surface area contributed by atoms with E-state index >= 15 is 0 Å². The summed E-state index contributed by atoms with van der Waals surface area (Å²) in [7, 11) is 0. The fourth-order valence-corrected chi connectivity index (χ4v) is 0.469. The Morgan fingerprint density at radius 3 is 2.25 bits per heavy atom. The van der Waals surface area contributed by atoms with Gasteiger partial charge in [0.15, 0.2) is 0 Å². The molecule has 5 N–H and O–H groups in total. The average molecular weight is 196 g/mol. The molecule has 0 aliphatic heterocycles. The van der Waals surface area contributed by atoms with Crippen LogP contribution in [-0.2, 0) is 4.79 Å². The van der Waals surface area contributed by atoms with Crippen molar-refractivity contribution in [1.82, 2.24) is 5.32 Å². The zero-order valence-electron chi connectivity index (χ0n) is 7.76. The third-order valence-corrected chi connectivity index (χ3v) is 1.32. The molecular weight excluding hydrogens is 178 g/mol. The standard InChI is InChI=1S/C7H17N3O.ClH/c1-5(4-8)10-6(11)7(2,3)9;/h5H,4,8-9H2,1-3H3,(H,10,11);1H/t5-;/m1./s1. The van der Waals surface area contributed by atoms with Gasteiger partial charge in [0.1, 0.15) is 0 Å². The van der Waals surface area contributed by atoms with Gasteiger partial charge >= 0.3 is 0 Å². The summed E-state index contributed by atoms with van der Waals surface area (Å²) >= 11 is 0. The minimum absolute atomic E-state index is 0. The Labute approximate surface area is 79.5 Å². The van der Waals surface area contributed by atoms with Crippen LogP contribution in [-0.4, -0.2) is 24.0 Å². The zero-order valence-corrected chi connectivity index (χ0v) is 8.57. The zero-order chi connectivity index (χ0) is 9.07. The predicted molar refractivity (Wildman–Crippen MR) is 52.2 cm³/mol. The van der Waals surface area contributed by atoms with Gasteiger partial charge in [-0.2, -0.15) is 0 Å². The molecule has 5 heteroatoms. The SMILES string of the molecule is C[C@H](CN)NC(=O)C(C)(C)N.Cl. The second-order valence-corrected chi connectivity index (χ2v) is 3.33. The van der Waals surface area contributed by atoms with Gasteiger partial charge in [0, 0.05) is 12.6 Å². The molecule has 0 saturated heterocycles. The molecule has 0 fully saturated rings. The summed E-state index contributed by atoms with van der Waals surface area (Å²) < 4.78 is 0. The first-order valence-electron chi connectivity index (χ1n) is 3.68. The second-order valence-electron chi connectivity index (χ2n) is 3.33. The first kappa shape index (κ1) is 14.2. The van der Waals surface area contributed by atoms with Crippen LogP contribution in [0.2, 0.25) is 0 Å². The molecule has 12 heavy (non-hydrogen) atoms. The number of nitrogens with one attached hydrogen (secondary N) is 1. The van der Waals surface area contributed by atoms with Gasteiger partial charge in [-0.15, -0.1) is 12.4 Å². The first-order chi connectivity index (χ1) is 4.88. The van der Waals surface area contributed by atoms with E-state index in [2.05, 4.69) is 5.32 Å². The molecule has 0 spiro atoms. The summed E-state index contributed by atoms with van der Waals surface area (Å²) in [5.74, 6) is -0.171. The predicted octanol–water partition coefficient (Wildman–Crippen LogP) is -0.391. The van der Waals surface area contributed by atoms with E-state index in [-0.39, 0.29) is 24.4 Å². The Kier molecular flexibility index (Phi) is 6.34.